The molecule has 0 aliphatic rings. The molecule has 3 N–H and O–H groups in total. The van der Waals surface area contributed by atoms with Gasteiger partial charge in [-0.05, 0) is 36.6 Å². The Labute approximate surface area is 121 Å². The van der Waals surface area contributed by atoms with E-state index in [0.717, 1.165) is 10.6 Å². The highest BCUT2D eigenvalue weighted by molar-refractivity contribution is 7.98. The lowest BCUT2D eigenvalue weighted by Gasteiger charge is -2.09. The number of hydrogen-bond acceptors (Lipinski definition) is 3. The summed E-state index contributed by atoms with van der Waals surface area (Å²) in [6.07, 6.45) is 1.98. The Morgan fingerprint density at radius 3 is 2.74 bits per heavy atom. The summed E-state index contributed by atoms with van der Waals surface area (Å²) in [4.78, 5) is 13.2. The number of carbonyl (C=O) groups is 1. The maximum Gasteiger partial charge on any atom is 0.257 e. The van der Waals surface area contributed by atoms with Crippen molar-refractivity contribution in [1.29, 1.82) is 0 Å². The van der Waals surface area contributed by atoms with Gasteiger partial charge in [0.15, 0.2) is 0 Å². The van der Waals surface area contributed by atoms with E-state index >= 15 is 0 Å². The molecule has 0 aliphatic heterocycles. The molecule has 5 heteroatoms. The summed E-state index contributed by atoms with van der Waals surface area (Å²) in [6.45, 7) is 0. The second-order valence-electron chi connectivity index (χ2n) is 3.89. The van der Waals surface area contributed by atoms with Gasteiger partial charge in [0.2, 0.25) is 0 Å². The Hall–Kier alpha value is -1.65. The van der Waals surface area contributed by atoms with Crippen LogP contribution in [0.4, 0.5) is 11.4 Å². The van der Waals surface area contributed by atoms with Crippen LogP contribution in [0.5, 0.6) is 0 Å². The first kappa shape index (κ1) is 13.8. The molecule has 0 saturated carbocycles. The van der Waals surface area contributed by atoms with Crippen molar-refractivity contribution >= 4 is 40.6 Å². The monoisotopic (exact) mass is 292 g/mol. The molecule has 0 aliphatic carbocycles. The number of amides is 1. The van der Waals surface area contributed by atoms with Gasteiger partial charge in [-0.3, -0.25) is 4.79 Å². The molecule has 0 unspecified atom stereocenters. The zero-order chi connectivity index (χ0) is 13.8. The Morgan fingerprint density at radius 2 is 2.00 bits per heavy atom. The highest BCUT2D eigenvalue weighted by atomic mass is 35.5. The molecule has 0 bridgehead atoms. The zero-order valence-corrected chi connectivity index (χ0v) is 11.9. The van der Waals surface area contributed by atoms with Gasteiger partial charge in [-0.25, -0.2) is 0 Å². The first-order chi connectivity index (χ1) is 9.11. The van der Waals surface area contributed by atoms with Crippen LogP contribution in [0, 0.1) is 0 Å². The predicted octanol–water partition coefficient (Wildman–Crippen LogP) is 3.90. The van der Waals surface area contributed by atoms with Gasteiger partial charge in [-0.15, -0.1) is 11.8 Å². The van der Waals surface area contributed by atoms with E-state index in [1.165, 1.54) is 0 Å². The van der Waals surface area contributed by atoms with Crippen molar-refractivity contribution in [1.82, 2.24) is 0 Å². The van der Waals surface area contributed by atoms with Crippen molar-refractivity contribution in [3.8, 4) is 0 Å². The van der Waals surface area contributed by atoms with Crippen LogP contribution in [0.2, 0.25) is 5.02 Å². The van der Waals surface area contributed by atoms with Crippen molar-refractivity contribution in [2.45, 2.75) is 4.90 Å². The number of thioether (sulfide) groups is 1. The fourth-order valence-electron chi connectivity index (χ4n) is 1.63. The molecule has 19 heavy (non-hydrogen) atoms. The van der Waals surface area contributed by atoms with Gasteiger partial charge in [0.25, 0.3) is 5.91 Å². The number of anilines is 2. The summed E-state index contributed by atoms with van der Waals surface area (Å²) in [6, 6.07) is 12.6. The van der Waals surface area contributed by atoms with E-state index in [1.54, 1.807) is 30.0 Å². The summed E-state index contributed by atoms with van der Waals surface area (Å²) < 4.78 is 0. The topological polar surface area (TPSA) is 55.1 Å². The van der Waals surface area contributed by atoms with Crippen LogP contribution in [0.15, 0.2) is 47.4 Å². The number of nitrogens with two attached hydrogens (primary N) is 1. The number of halogens is 1. The van der Waals surface area contributed by atoms with E-state index < -0.39 is 0 Å². The fourth-order valence-corrected chi connectivity index (χ4v) is 2.27. The van der Waals surface area contributed by atoms with Crippen molar-refractivity contribution < 1.29 is 4.79 Å². The lowest BCUT2D eigenvalue weighted by atomic mass is 10.1. The molecule has 2 aromatic rings. The van der Waals surface area contributed by atoms with Crippen molar-refractivity contribution in [3.05, 3.63) is 53.1 Å². The third-order valence-corrected chi connectivity index (χ3v) is 3.68. The highest BCUT2D eigenvalue weighted by Gasteiger charge is 2.11. The van der Waals surface area contributed by atoms with Gasteiger partial charge in [0, 0.05) is 10.6 Å². The van der Waals surface area contributed by atoms with Crippen LogP contribution in [0.3, 0.4) is 0 Å². The van der Waals surface area contributed by atoms with Crippen LogP contribution in [0.1, 0.15) is 10.4 Å². The molecule has 0 radical (unpaired) electrons. The fraction of sp³-hybridized carbons (Fsp3) is 0.0714. The second kappa shape index (κ2) is 5.99. The molecule has 98 valence electrons. The number of benzene rings is 2. The molecule has 0 heterocycles. The minimum atomic E-state index is -0.266. The van der Waals surface area contributed by atoms with Gasteiger partial charge in [0.05, 0.1) is 16.3 Å². The normalized spacial score (nSPS) is 10.2. The third-order valence-electron chi connectivity index (χ3n) is 2.63. The minimum absolute atomic E-state index is 0.266. The number of para-hydroxylation sites is 1. The van der Waals surface area contributed by atoms with Crippen molar-refractivity contribution in [2.75, 3.05) is 17.3 Å². The Bertz CT molecular complexity index is 616. The largest absolute Gasteiger partial charge is 0.397 e. The molecule has 0 fully saturated rings. The molecule has 0 atom stereocenters. The smallest absolute Gasteiger partial charge is 0.257 e. The molecule has 2 rings (SSSR count). The third kappa shape index (κ3) is 3.22. The van der Waals surface area contributed by atoms with E-state index in [4.69, 9.17) is 17.3 Å². The van der Waals surface area contributed by atoms with Crippen LogP contribution in [-0.4, -0.2) is 12.2 Å². The maximum absolute atomic E-state index is 12.1. The zero-order valence-electron chi connectivity index (χ0n) is 10.3. The summed E-state index contributed by atoms with van der Waals surface area (Å²) in [5.74, 6) is -0.266. The quantitative estimate of drug-likeness (QED) is 0.666. The van der Waals surface area contributed by atoms with Gasteiger partial charge in [0.1, 0.15) is 0 Å². The van der Waals surface area contributed by atoms with Gasteiger partial charge in [-0.2, -0.15) is 0 Å². The molecular formula is C14H13ClN2OS. The molecule has 3 nitrogen and oxygen atoms in total. The van der Waals surface area contributed by atoms with Crippen LogP contribution in [0.25, 0.3) is 0 Å². The Morgan fingerprint density at radius 1 is 1.26 bits per heavy atom. The SMILES string of the molecule is CSc1cccc(NC(=O)c2cccc(Cl)c2N)c1. The Kier molecular flexibility index (Phi) is 4.35. The summed E-state index contributed by atoms with van der Waals surface area (Å²) in [5, 5.41) is 3.19. The van der Waals surface area contributed by atoms with Gasteiger partial charge >= 0.3 is 0 Å². The average Bonchev–Trinajstić information content (AvgIpc) is 2.42. The van der Waals surface area contributed by atoms with Gasteiger partial charge in [-0.1, -0.05) is 23.7 Å². The molecule has 2 aromatic carbocycles. The lowest BCUT2D eigenvalue weighted by Crippen LogP contribution is -2.14. The molecule has 1 amide bonds. The van der Waals surface area contributed by atoms with E-state index in [1.807, 2.05) is 30.5 Å². The predicted molar refractivity (Wildman–Crippen MR) is 82.0 cm³/mol. The summed E-state index contributed by atoms with van der Waals surface area (Å²) in [7, 11) is 0. The van der Waals surface area contributed by atoms with Crippen LogP contribution >= 0.6 is 23.4 Å². The summed E-state index contributed by atoms with van der Waals surface area (Å²) >= 11 is 7.51. The lowest BCUT2D eigenvalue weighted by molar-refractivity contribution is 0.102. The Balaban J connectivity index is 2.23. The molecular weight excluding hydrogens is 280 g/mol. The standard InChI is InChI=1S/C14H13ClN2OS/c1-19-10-5-2-4-9(8-10)17-14(18)11-6-3-7-12(15)13(11)16/h2-8H,16H2,1H3,(H,17,18). The first-order valence-electron chi connectivity index (χ1n) is 5.61. The molecule has 0 spiro atoms. The minimum Gasteiger partial charge on any atom is -0.397 e. The van der Waals surface area contributed by atoms with E-state index in [-0.39, 0.29) is 5.91 Å². The van der Waals surface area contributed by atoms with Gasteiger partial charge < -0.3 is 11.1 Å². The van der Waals surface area contributed by atoms with Crippen molar-refractivity contribution in [3.63, 3.8) is 0 Å². The number of nitrogen functional groups attached to an aromatic ring is 1. The number of rotatable bonds is 3. The first-order valence-corrected chi connectivity index (χ1v) is 7.21. The van der Waals surface area contributed by atoms with Crippen LogP contribution in [-0.2, 0) is 0 Å². The number of hydrogen-bond donors (Lipinski definition) is 2. The van der Waals surface area contributed by atoms with Crippen molar-refractivity contribution in [2.24, 2.45) is 0 Å². The summed E-state index contributed by atoms with van der Waals surface area (Å²) in [5.41, 5.74) is 7.20. The van der Waals surface area contributed by atoms with Crippen LogP contribution < -0.4 is 11.1 Å². The maximum atomic E-state index is 12.1. The molecule has 0 aromatic heterocycles. The van der Waals surface area contributed by atoms with E-state index in [9.17, 15) is 4.79 Å². The average molecular weight is 293 g/mol. The van der Waals surface area contributed by atoms with E-state index in [2.05, 4.69) is 5.32 Å². The second-order valence-corrected chi connectivity index (χ2v) is 5.17. The van der Waals surface area contributed by atoms with E-state index in [0.29, 0.717) is 16.3 Å². The number of nitrogens with one attached hydrogen (secondary N) is 1. The highest BCUT2D eigenvalue weighted by Crippen LogP contribution is 2.24. The molecule has 0 saturated heterocycles. The number of carbonyl (C=O) groups excluding carboxylic acids is 1.